The third-order valence-corrected chi connectivity index (χ3v) is 7.52. The first-order valence-corrected chi connectivity index (χ1v) is 13.3. The number of amides is 1. The molecule has 1 amide bonds. The normalized spacial score (nSPS) is 11.7. The number of fused-ring (bicyclic) bond motifs is 1. The van der Waals surface area contributed by atoms with E-state index < -0.39 is 26.7 Å². The van der Waals surface area contributed by atoms with Gasteiger partial charge in [0.2, 0.25) is 0 Å². The number of nitrogens with zero attached hydrogens (tertiary/aromatic N) is 2. The molecule has 3 N–H and O–H groups in total. The predicted molar refractivity (Wildman–Crippen MR) is 146 cm³/mol. The first-order chi connectivity index (χ1) is 18.0. The van der Waals surface area contributed by atoms with Gasteiger partial charge >= 0.3 is 0 Å². The summed E-state index contributed by atoms with van der Waals surface area (Å²) in [5.74, 6) is -0.730. The molecule has 12 heteroatoms. The molecule has 4 rings (SSSR count). The van der Waals surface area contributed by atoms with E-state index >= 15 is 0 Å². The minimum absolute atomic E-state index is 0.0954. The van der Waals surface area contributed by atoms with Crippen molar-refractivity contribution in [3.8, 4) is 11.5 Å². The minimum atomic E-state index is -4.75. The summed E-state index contributed by atoms with van der Waals surface area (Å²) in [5.41, 5.74) is 0.278. The lowest BCUT2D eigenvalue weighted by molar-refractivity contribution is 0.102. The van der Waals surface area contributed by atoms with Crippen LogP contribution in [-0.2, 0) is 16.5 Å². The largest absolute Gasteiger partial charge is 0.505 e. The van der Waals surface area contributed by atoms with Crippen LogP contribution in [0.3, 0.4) is 0 Å². The molecule has 0 heterocycles. The number of aryl methyl sites for hydroxylation is 1. The fourth-order valence-electron chi connectivity index (χ4n) is 3.80. The maximum Gasteiger partial charge on any atom is 0.298 e. The van der Waals surface area contributed by atoms with Crippen LogP contribution in [0, 0.1) is 0 Å². The van der Waals surface area contributed by atoms with E-state index in [0.29, 0.717) is 28.5 Å². The molecule has 0 bridgehead atoms. The number of ether oxygens (including phenoxy) is 1. The average Bonchev–Trinajstić information content (AvgIpc) is 2.88. The Morgan fingerprint density at radius 2 is 1.79 bits per heavy atom. The van der Waals surface area contributed by atoms with Gasteiger partial charge in [-0.25, -0.2) is 0 Å². The number of anilines is 1. The Labute approximate surface area is 228 Å². The van der Waals surface area contributed by atoms with Crippen molar-refractivity contribution in [2.45, 2.75) is 18.2 Å². The Morgan fingerprint density at radius 3 is 2.47 bits per heavy atom. The second kappa shape index (κ2) is 11.0. The number of hydrogen-bond acceptors (Lipinski definition) is 7. The van der Waals surface area contributed by atoms with Gasteiger partial charge < -0.3 is 15.2 Å². The van der Waals surface area contributed by atoms with Crippen LogP contribution < -0.4 is 10.1 Å². The summed E-state index contributed by atoms with van der Waals surface area (Å²) < 4.78 is 39.1. The molecule has 0 unspecified atom stereocenters. The summed E-state index contributed by atoms with van der Waals surface area (Å²) in [4.78, 5) is 12.6. The Kier molecular flexibility index (Phi) is 7.89. The molecule has 38 heavy (non-hydrogen) atoms. The highest BCUT2D eigenvalue weighted by Crippen LogP contribution is 2.41. The molecule has 0 spiro atoms. The number of hydrogen-bond donors (Lipinski definition) is 3. The fraction of sp³-hybridized carbons (Fsp3) is 0.115. The average molecular weight is 574 g/mol. The predicted octanol–water partition coefficient (Wildman–Crippen LogP) is 7.34. The molecule has 0 saturated carbocycles. The number of phenols is 1. The summed E-state index contributed by atoms with van der Waals surface area (Å²) >= 11 is 12.4. The maximum absolute atomic E-state index is 13.2. The zero-order valence-electron chi connectivity index (χ0n) is 20.1. The lowest BCUT2D eigenvalue weighted by Crippen LogP contribution is -2.12. The molecule has 0 radical (unpaired) electrons. The number of rotatable bonds is 7. The third-order valence-electron chi connectivity index (χ3n) is 5.71. The van der Waals surface area contributed by atoms with Crippen LogP contribution in [0.15, 0.2) is 75.8 Å². The highest BCUT2D eigenvalue weighted by Gasteiger charge is 2.23. The van der Waals surface area contributed by atoms with Gasteiger partial charge in [0.15, 0.2) is 5.75 Å². The van der Waals surface area contributed by atoms with E-state index in [0.717, 1.165) is 0 Å². The van der Waals surface area contributed by atoms with E-state index in [1.807, 2.05) is 0 Å². The highest BCUT2D eigenvalue weighted by atomic mass is 35.5. The van der Waals surface area contributed by atoms with Gasteiger partial charge in [-0.1, -0.05) is 60.5 Å². The van der Waals surface area contributed by atoms with Gasteiger partial charge in [0.05, 0.1) is 28.4 Å². The van der Waals surface area contributed by atoms with Gasteiger partial charge in [0, 0.05) is 11.5 Å². The van der Waals surface area contributed by atoms with Crippen molar-refractivity contribution in [3.05, 3.63) is 81.8 Å². The molecule has 0 aliphatic rings. The van der Waals surface area contributed by atoms with Crippen molar-refractivity contribution < 1.29 is 27.6 Å². The number of carbonyl (C=O) groups is 1. The molecule has 0 atom stereocenters. The number of nitrogens with one attached hydrogen (secondary N) is 1. The third kappa shape index (κ3) is 5.44. The lowest BCUT2D eigenvalue weighted by Gasteiger charge is -2.13. The van der Waals surface area contributed by atoms with E-state index in [1.165, 1.54) is 25.3 Å². The molecule has 9 nitrogen and oxygen atoms in total. The molecule has 4 aromatic carbocycles. The van der Waals surface area contributed by atoms with Crippen molar-refractivity contribution in [1.29, 1.82) is 0 Å². The molecular formula is C26H21Cl2N3O6S. The van der Waals surface area contributed by atoms with Crippen LogP contribution in [-0.4, -0.2) is 31.1 Å². The molecule has 0 aromatic heterocycles. The molecule has 0 saturated heterocycles. The van der Waals surface area contributed by atoms with Gasteiger partial charge in [-0.05, 0) is 41.6 Å². The van der Waals surface area contributed by atoms with E-state index in [1.54, 1.807) is 49.4 Å². The smallest absolute Gasteiger partial charge is 0.298 e. The topological polar surface area (TPSA) is 138 Å². The second-order valence-corrected chi connectivity index (χ2v) is 10.2. The standard InChI is InChI=1S/C26H21Cl2N3O6S/c1-3-14-8-11-20(25(22(14)28)38(34,35)36)30-31-23-17-7-5-4-6-15(17)12-18(24(23)32)26(33)29-21-13-16(37-2)9-10-19(21)27/h4-13,32H,3H2,1-2H3,(H,29,33)(H,34,35,36). The summed E-state index contributed by atoms with van der Waals surface area (Å²) in [6, 6.07) is 15.9. The summed E-state index contributed by atoms with van der Waals surface area (Å²) in [6.07, 6.45) is 0.415. The number of halogens is 2. The number of aromatic hydroxyl groups is 1. The Hall–Kier alpha value is -3.70. The fourth-order valence-corrected chi connectivity index (χ4v) is 5.28. The second-order valence-electron chi connectivity index (χ2n) is 8.06. The van der Waals surface area contributed by atoms with Crippen molar-refractivity contribution in [2.24, 2.45) is 10.2 Å². The highest BCUT2D eigenvalue weighted by molar-refractivity contribution is 7.86. The summed E-state index contributed by atoms with van der Waals surface area (Å²) in [6.45, 7) is 1.77. The zero-order valence-corrected chi connectivity index (χ0v) is 22.4. The van der Waals surface area contributed by atoms with Gasteiger partial charge in [0.1, 0.15) is 22.0 Å². The number of benzene rings is 4. The first kappa shape index (κ1) is 27.3. The van der Waals surface area contributed by atoms with Crippen molar-refractivity contribution in [1.82, 2.24) is 0 Å². The van der Waals surface area contributed by atoms with Gasteiger partial charge in [0.25, 0.3) is 16.0 Å². The molecular weight excluding hydrogens is 553 g/mol. The van der Waals surface area contributed by atoms with Crippen LogP contribution in [0.5, 0.6) is 11.5 Å². The number of carbonyl (C=O) groups excluding carboxylic acids is 1. The van der Waals surface area contributed by atoms with Crippen LogP contribution in [0.1, 0.15) is 22.8 Å². The zero-order chi connectivity index (χ0) is 27.6. The summed E-state index contributed by atoms with van der Waals surface area (Å²) in [7, 11) is -3.28. The van der Waals surface area contributed by atoms with E-state index in [-0.39, 0.29) is 32.7 Å². The molecule has 0 aliphatic carbocycles. The molecule has 196 valence electrons. The Morgan fingerprint density at radius 1 is 1.05 bits per heavy atom. The van der Waals surface area contributed by atoms with Crippen LogP contribution in [0.4, 0.5) is 17.1 Å². The molecule has 0 aliphatic heterocycles. The van der Waals surface area contributed by atoms with Crippen molar-refractivity contribution >= 4 is 67.1 Å². The van der Waals surface area contributed by atoms with Crippen LogP contribution in [0.2, 0.25) is 10.0 Å². The molecule has 4 aromatic rings. The number of methoxy groups -OCH3 is 1. The number of azo groups is 1. The van der Waals surface area contributed by atoms with Crippen molar-refractivity contribution in [2.75, 3.05) is 12.4 Å². The van der Waals surface area contributed by atoms with Gasteiger partial charge in [-0.2, -0.15) is 8.42 Å². The Bertz CT molecular complexity index is 1710. The van der Waals surface area contributed by atoms with Crippen molar-refractivity contribution in [3.63, 3.8) is 0 Å². The minimum Gasteiger partial charge on any atom is -0.505 e. The maximum atomic E-state index is 13.2. The number of phenolic OH excluding ortho intramolecular Hbond substituents is 1. The van der Waals surface area contributed by atoms with E-state index in [9.17, 15) is 22.9 Å². The lowest BCUT2D eigenvalue weighted by atomic mass is 10.0. The summed E-state index contributed by atoms with van der Waals surface area (Å²) in [5, 5.41) is 22.9. The van der Waals surface area contributed by atoms with E-state index in [4.69, 9.17) is 27.9 Å². The van der Waals surface area contributed by atoms with Gasteiger partial charge in [-0.15, -0.1) is 10.2 Å². The monoisotopic (exact) mass is 573 g/mol. The first-order valence-electron chi connectivity index (χ1n) is 11.1. The SMILES string of the molecule is CCc1ccc(N=Nc2c(O)c(C(=O)Nc3cc(OC)ccc3Cl)cc3ccccc23)c(S(=O)(=O)O)c1Cl. The van der Waals surface area contributed by atoms with Crippen LogP contribution in [0.25, 0.3) is 10.8 Å². The van der Waals surface area contributed by atoms with Gasteiger partial charge in [-0.3, -0.25) is 9.35 Å². The quantitative estimate of drug-likeness (QED) is 0.156. The van der Waals surface area contributed by atoms with E-state index in [2.05, 4.69) is 15.5 Å². The van der Waals surface area contributed by atoms with Crippen LogP contribution >= 0.6 is 23.2 Å². The Balaban J connectivity index is 1.84. The molecule has 0 fully saturated rings.